The van der Waals surface area contributed by atoms with E-state index in [9.17, 15) is 4.79 Å². The summed E-state index contributed by atoms with van der Waals surface area (Å²) in [6.07, 6.45) is 0. The van der Waals surface area contributed by atoms with Crippen LogP contribution in [0.3, 0.4) is 0 Å². The molecule has 1 N–H and O–H groups in total. The highest BCUT2D eigenvalue weighted by Gasteiger charge is 2.38. The molecule has 3 rings (SSSR count). The third-order valence-corrected chi connectivity index (χ3v) is 3.37. The van der Waals surface area contributed by atoms with Crippen molar-refractivity contribution in [1.29, 1.82) is 0 Å². The molecule has 0 aromatic heterocycles. The SMILES string of the molecule is O=C1CS[C@H]2Nc3ccccc3N12. The second-order valence-corrected chi connectivity index (χ2v) is 4.16. The molecule has 0 unspecified atom stereocenters. The first kappa shape index (κ1) is 7.26. The lowest BCUT2D eigenvalue weighted by molar-refractivity contribution is -0.115. The van der Waals surface area contributed by atoms with E-state index in [1.54, 1.807) is 11.8 Å². The number of anilines is 2. The van der Waals surface area contributed by atoms with Crippen LogP contribution in [0.1, 0.15) is 0 Å². The topological polar surface area (TPSA) is 32.3 Å². The van der Waals surface area contributed by atoms with Gasteiger partial charge in [0.2, 0.25) is 5.91 Å². The summed E-state index contributed by atoms with van der Waals surface area (Å²) in [7, 11) is 0. The fourth-order valence-corrected chi connectivity index (χ4v) is 2.76. The number of amides is 1. The number of carbonyl (C=O) groups excluding carboxylic acids is 1. The first-order chi connectivity index (χ1) is 6.36. The summed E-state index contributed by atoms with van der Waals surface area (Å²) in [5.74, 6) is 0.791. The van der Waals surface area contributed by atoms with Gasteiger partial charge in [0.1, 0.15) is 0 Å². The number of rotatable bonds is 0. The van der Waals surface area contributed by atoms with Gasteiger partial charge in [0.25, 0.3) is 0 Å². The highest BCUT2D eigenvalue weighted by Crippen LogP contribution is 2.41. The Labute approximate surface area is 80.1 Å². The number of thioether (sulfide) groups is 1. The Kier molecular flexibility index (Phi) is 1.35. The molecule has 2 aliphatic rings. The van der Waals surface area contributed by atoms with Crippen LogP contribution >= 0.6 is 11.8 Å². The Hall–Kier alpha value is -1.16. The number of nitrogens with zero attached hydrogens (tertiary/aromatic N) is 1. The first-order valence-electron chi connectivity index (χ1n) is 4.15. The van der Waals surface area contributed by atoms with Crippen LogP contribution < -0.4 is 10.2 Å². The number of carbonyl (C=O) groups is 1. The molecule has 4 heteroatoms. The van der Waals surface area contributed by atoms with Crippen molar-refractivity contribution in [2.45, 2.75) is 5.50 Å². The van der Waals surface area contributed by atoms with Crippen LogP contribution in [0.25, 0.3) is 0 Å². The van der Waals surface area contributed by atoms with Crippen LogP contribution in [0.2, 0.25) is 0 Å². The van der Waals surface area contributed by atoms with Crippen LogP contribution in [-0.4, -0.2) is 17.2 Å². The Bertz CT molecular complexity index is 380. The van der Waals surface area contributed by atoms with Crippen molar-refractivity contribution < 1.29 is 4.79 Å². The standard InChI is InChI=1S/C9H8N2OS/c12-8-5-13-9-10-6-3-1-2-4-7(6)11(8)9/h1-4,9-10H,5H2/t9-/m0/s1. The van der Waals surface area contributed by atoms with Gasteiger partial charge in [-0.2, -0.15) is 0 Å². The fraction of sp³-hybridized carbons (Fsp3) is 0.222. The summed E-state index contributed by atoms with van der Waals surface area (Å²) < 4.78 is 0. The monoisotopic (exact) mass is 192 g/mol. The van der Waals surface area contributed by atoms with Gasteiger partial charge in [-0.05, 0) is 12.1 Å². The van der Waals surface area contributed by atoms with Gasteiger partial charge in [-0.3, -0.25) is 9.69 Å². The minimum atomic E-state index is 0.130. The zero-order valence-corrected chi connectivity index (χ0v) is 7.67. The summed E-state index contributed by atoms with van der Waals surface area (Å²) in [4.78, 5) is 13.3. The van der Waals surface area contributed by atoms with Crippen molar-refractivity contribution in [3.05, 3.63) is 24.3 Å². The van der Waals surface area contributed by atoms with Crippen molar-refractivity contribution in [3.8, 4) is 0 Å². The van der Waals surface area contributed by atoms with E-state index in [0.717, 1.165) is 11.4 Å². The summed E-state index contributed by atoms with van der Waals surface area (Å²) in [5, 5.41) is 3.29. The molecule has 1 saturated heterocycles. The van der Waals surface area contributed by atoms with E-state index in [1.165, 1.54) is 0 Å². The van der Waals surface area contributed by atoms with Crippen LogP contribution in [0.4, 0.5) is 11.4 Å². The average molecular weight is 192 g/mol. The van der Waals surface area contributed by atoms with Crippen molar-refractivity contribution in [3.63, 3.8) is 0 Å². The average Bonchev–Trinajstić information content (AvgIpc) is 2.66. The zero-order valence-electron chi connectivity index (χ0n) is 6.86. The number of para-hydroxylation sites is 2. The molecule has 1 aromatic rings. The molecule has 0 spiro atoms. The van der Waals surface area contributed by atoms with Gasteiger partial charge in [-0.15, -0.1) is 11.8 Å². The molecule has 1 aromatic carbocycles. The predicted molar refractivity (Wildman–Crippen MR) is 53.8 cm³/mol. The molecule has 13 heavy (non-hydrogen) atoms. The molecular weight excluding hydrogens is 184 g/mol. The van der Waals surface area contributed by atoms with Gasteiger partial charge in [0.05, 0.1) is 17.1 Å². The molecule has 2 aliphatic heterocycles. The lowest BCUT2D eigenvalue weighted by Gasteiger charge is -2.13. The summed E-state index contributed by atoms with van der Waals surface area (Å²) in [5.41, 5.74) is 2.21. The summed E-state index contributed by atoms with van der Waals surface area (Å²) >= 11 is 1.64. The summed E-state index contributed by atoms with van der Waals surface area (Å²) in [6, 6.07) is 7.91. The van der Waals surface area contributed by atoms with E-state index < -0.39 is 0 Å². The predicted octanol–water partition coefficient (Wildman–Crippen LogP) is 1.48. The third kappa shape index (κ3) is 0.891. The second kappa shape index (κ2) is 2.42. The van der Waals surface area contributed by atoms with E-state index >= 15 is 0 Å². The minimum absolute atomic E-state index is 0.130. The maximum absolute atomic E-state index is 11.5. The molecule has 1 atom stereocenters. The molecule has 0 aliphatic carbocycles. The number of hydrogen-bond acceptors (Lipinski definition) is 3. The first-order valence-corrected chi connectivity index (χ1v) is 5.20. The van der Waals surface area contributed by atoms with Crippen LogP contribution in [0.15, 0.2) is 24.3 Å². The molecule has 0 radical (unpaired) electrons. The second-order valence-electron chi connectivity index (χ2n) is 3.09. The number of benzene rings is 1. The van der Waals surface area contributed by atoms with E-state index in [4.69, 9.17) is 0 Å². The largest absolute Gasteiger partial charge is 0.355 e. The maximum atomic E-state index is 11.5. The van der Waals surface area contributed by atoms with Gasteiger partial charge in [-0.1, -0.05) is 12.1 Å². The van der Waals surface area contributed by atoms with Gasteiger partial charge < -0.3 is 5.32 Å². The van der Waals surface area contributed by atoms with E-state index in [2.05, 4.69) is 5.32 Å². The van der Waals surface area contributed by atoms with Gasteiger partial charge >= 0.3 is 0 Å². The minimum Gasteiger partial charge on any atom is -0.355 e. The number of hydrogen-bond donors (Lipinski definition) is 1. The van der Waals surface area contributed by atoms with Gasteiger partial charge in [0, 0.05) is 0 Å². The number of fused-ring (bicyclic) bond motifs is 3. The molecule has 0 saturated carbocycles. The normalized spacial score (nSPS) is 24.2. The Morgan fingerprint density at radius 2 is 2.31 bits per heavy atom. The Balaban J connectivity index is 2.13. The van der Waals surface area contributed by atoms with Crippen LogP contribution in [0.5, 0.6) is 0 Å². The van der Waals surface area contributed by atoms with Gasteiger partial charge in [0.15, 0.2) is 5.50 Å². The molecule has 0 bridgehead atoms. The van der Waals surface area contributed by atoms with Crippen molar-refractivity contribution >= 4 is 29.0 Å². The molecule has 1 fully saturated rings. The van der Waals surface area contributed by atoms with E-state index in [0.29, 0.717) is 5.75 Å². The quantitative estimate of drug-likeness (QED) is 0.675. The van der Waals surface area contributed by atoms with E-state index in [-0.39, 0.29) is 11.4 Å². The summed E-state index contributed by atoms with van der Waals surface area (Å²) in [6.45, 7) is 0. The lowest BCUT2D eigenvalue weighted by Crippen LogP contribution is -2.31. The molecule has 3 nitrogen and oxygen atoms in total. The molecular formula is C9H8N2OS. The van der Waals surface area contributed by atoms with Crippen LogP contribution in [-0.2, 0) is 4.79 Å². The molecule has 66 valence electrons. The molecule has 2 heterocycles. The zero-order chi connectivity index (χ0) is 8.84. The Morgan fingerprint density at radius 3 is 3.23 bits per heavy atom. The molecule has 1 amide bonds. The van der Waals surface area contributed by atoms with E-state index in [1.807, 2.05) is 29.2 Å². The third-order valence-electron chi connectivity index (χ3n) is 2.31. The van der Waals surface area contributed by atoms with Crippen molar-refractivity contribution in [2.75, 3.05) is 16.0 Å². The Morgan fingerprint density at radius 1 is 1.46 bits per heavy atom. The van der Waals surface area contributed by atoms with Crippen LogP contribution in [0, 0.1) is 0 Å². The van der Waals surface area contributed by atoms with Crippen molar-refractivity contribution in [2.24, 2.45) is 0 Å². The smallest absolute Gasteiger partial charge is 0.239 e. The van der Waals surface area contributed by atoms with Gasteiger partial charge in [-0.25, -0.2) is 0 Å². The van der Waals surface area contributed by atoms with Crippen molar-refractivity contribution in [1.82, 2.24) is 0 Å². The highest BCUT2D eigenvalue weighted by molar-refractivity contribution is 8.01. The number of nitrogens with one attached hydrogen (secondary N) is 1. The maximum Gasteiger partial charge on any atom is 0.239 e. The highest BCUT2D eigenvalue weighted by atomic mass is 32.2. The lowest BCUT2D eigenvalue weighted by atomic mass is 10.3. The fourth-order valence-electron chi connectivity index (χ4n) is 1.73.